The minimum atomic E-state index is -0.878. The number of allylic oxidation sites excluding steroid dienone is 1. The van der Waals surface area contributed by atoms with Gasteiger partial charge in [-0.05, 0) is 49.7 Å². The van der Waals surface area contributed by atoms with Gasteiger partial charge < -0.3 is 19.4 Å². The molecule has 6 nitrogen and oxygen atoms in total. The monoisotopic (exact) mass is 362 g/mol. The zero-order valence-electron chi connectivity index (χ0n) is 15.2. The number of aliphatic hydroxyl groups excluding tert-OH is 1. The molecule has 2 heterocycles. The summed E-state index contributed by atoms with van der Waals surface area (Å²) in [4.78, 5) is 24.3. The molecule has 0 bridgehead atoms. The van der Waals surface area contributed by atoms with Gasteiger partial charge in [0.2, 0.25) is 0 Å². The first kappa shape index (κ1) is 18.7. The van der Waals surface area contributed by atoms with Crippen molar-refractivity contribution >= 4 is 11.9 Å². The third-order valence-corrected chi connectivity index (χ3v) is 6.27. The van der Waals surface area contributed by atoms with E-state index in [0.29, 0.717) is 12.8 Å². The number of carbonyl (C=O) groups is 2. The summed E-state index contributed by atoms with van der Waals surface area (Å²) in [5, 5.41) is 18.8. The van der Waals surface area contributed by atoms with E-state index >= 15 is 0 Å². The Balaban J connectivity index is 2.01. The van der Waals surface area contributed by atoms with Gasteiger partial charge in [0.1, 0.15) is 6.10 Å². The second-order valence-corrected chi connectivity index (χ2v) is 7.58. The fourth-order valence-electron chi connectivity index (χ4n) is 4.77. The molecule has 26 heavy (non-hydrogen) atoms. The molecule has 1 aliphatic carbocycles. The fraction of sp³-hybridized carbons (Fsp3) is 0.600. The van der Waals surface area contributed by atoms with Crippen molar-refractivity contribution in [2.45, 2.75) is 52.1 Å². The van der Waals surface area contributed by atoms with Crippen LogP contribution in [0.3, 0.4) is 0 Å². The van der Waals surface area contributed by atoms with Crippen LogP contribution in [0.2, 0.25) is 0 Å². The molecule has 2 fully saturated rings. The molecule has 6 heteroatoms. The third kappa shape index (κ3) is 3.07. The van der Waals surface area contributed by atoms with E-state index in [1.807, 2.05) is 6.92 Å². The van der Waals surface area contributed by atoms with Gasteiger partial charge in [0.05, 0.1) is 24.5 Å². The molecule has 2 N–H and O–H groups in total. The number of carboxylic acids is 1. The first-order valence-corrected chi connectivity index (χ1v) is 9.14. The van der Waals surface area contributed by atoms with E-state index in [0.717, 1.165) is 29.6 Å². The maximum atomic E-state index is 13.1. The van der Waals surface area contributed by atoms with Crippen LogP contribution >= 0.6 is 0 Å². The average molecular weight is 362 g/mol. The zero-order chi connectivity index (χ0) is 18.9. The van der Waals surface area contributed by atoms with Crippen molar-refractivity contribution in [2.24, 2.45) is 17.3 Å². The first-order chi connectivity index (χ1) is 12.4. The van der Waals surface area contributed by atoms with E-state index in [4.69, 9.17) is 9.15 Å². The molecule has 2 aliphatic rings. The van der Waals surface area contributed by atoms with E-state index in [-0.39, 0.29) is 36.9 Å². The normalized spacial score (nSPS) is 33.3. The third-order valence-electron chi connectivity index (χ3n) is 6.27. The topological polar surface area (TPSA) is 97.0 Å². The van der Waals surface area contributed by atoms with E-state index in [1.165, 1.54) is 0 Å². The molecular weight excluding hydrogens is 336 g/mol. The lowest BCUT2D eigenvalue weighted by Gasteiger charge is -2.45. The molecular formula is C20H26O6. The summed E-state index contributed by atoms with van der Waals surface area (Å²) in [6.07, 6.45) is 5.26. The van der Waals surface area contributed by atoms with E-state index in [9.17, 15) is 19.8 Å². The van der Waals surface area contributed by atoms with E-state index in [2.05, 4.69) is 6.92 Å². The minimum absolute atomic E-state index is 0.00893. The Morgan fingerprint density at radius 3 is 2.81 bits per heavy atom. The second kappa shape index (κ2) is 7.27. The van der Waals surface area contributed by atoms with Crippen LogP contribution in [0.1, 0.15) is 57.6 Å². The number of furan rings is 1. The molecule has 0 unspecified atom stereocenters. The van der Waals surface area contributed by atoms with Crippen LogP contribution in [0.5, 0.6) is 0 Å². The lowest BCUT2D eigenvalue weighted by Crippen LogP contribution is -2.45. The van der Waals surface area contributed by atoms with Crippen LogP contribution in [-0.4, -0.2) is 28.8 Å². The summed E-state index contributed by atoms with van der Waals surface area (Å²) in [7, 11) is 0. The minimum Gasteiger partial charge on any atom is -0.481 e. The van der Waals surface area contributed by atoms with Crippen molar-refractivity contribution in [3.8, 4) is 0 Å². The van der Waals surface area contributed by atoms with E-state index in [1.54, 1.807) is 18.6 Å². The highest BCUT2D eigenvalue weighted by atomic mass is 16.6. The maximum absolute atomic E-state index is 13.1. The summed E-state index contributed by atoms with van der Waals surface area (Å²) >= 11 is 0. The number of hydrogen-bond acceptors (Lipinski definition) is 5. The number of esters is 1. The Bertz CT molecular complexity index is 704. The predicted molar refractivity (Wildman–Crippen MR) is 93.1 cm³/mol. The molecule has 1 saturated heterocycles. The van der Waals surface area contributed by atoms with Crippen LogP contribution in [0.25, 0.3) is 0 Å². The van der Waals surface area contributed by atoms with Crippen LogP contribution in [-0.2, 0) is 14.3 Å². The van der Waals surface area contributed by atoms with Crippen LogP contribution in [0, 0.1) is 17.3 Å². The fourth-order valence-corrected chi connectivity index (χ4v) is 4.77. The van der Waals surface area contributed by atoms with Gasteiger partial charge in [-0.2, -0.15) is 0 Å². The number of hydrogen-bond donors (Lipinski definition) is 2. The molecule has 4 atom stereocenters. The lowest BCUT2D eigenvalue weighted by atomic mass is 9.55. The van der Waals surface area contributed by atoms with Crippen molar-refractivity contribution in [1.29, 1.82) is 0 Å². The molecule has 1 aromatic heterocycles. The summed E-state index contributed by atoms with van der Waals surface area (Å²) in [6.45, 7) is 3.84. The summed E-state index contributed by atoms with van der Waals surface area (Å²) < 4.78 is 10.9. The molecule has 0 radical (unpaired) electrons. The van der Waals surface area contributed by atoms with Crippen molar-refractivity contribution < 1.29 is 29.0 Å². The predicted octanol–water partition coefficient (Wildman–Crippen LogP) is 3.47. The quantitative estimate of drug-likeness (QED) is 0.615. The number of rotatable bonds is 5. The summed E-state index contributed by atoms with van der Waals surface area (Å²) in [5.41, 5.74) is 1.94. The lowest BCUT2D eigenvalue weighted by molar-refractivity contribution is -0.155. The van der Waals surface area contributed by atoms with Gasteiger partial charge in [-0.1, -0.05) is 12.5 Å². The van der Waals surface area contributed by atoms with Gasteiger partial charge in [-0.15, -0.1) is 0 Å². The SMILES string of the molecule is CC(CO)=C1CC[C@@H](C)[C@]2(C[C@@H](c3ccoc3)OC2=O)[C@H]1CCC(=O)O. The highest BCUT2D eigenvalue weighted by Crippen LogP contribution is 2.59. The first-order valence-electron chi connectivity index (χ1n) is 9.14. The Morgan fingerprint density at radius 2 is 2.19 bits per heavy atom. The number of carbonyl (C=O) groups excluding carboxylic acids is 1. The Kier molecular flexibility index (Phi) is 5.23. The molecule has 142 valence electrons. The molecule has 0 aromatic carbocycles. The Labute approximate surface area is 152 Å². The molecule has 1 aromatic rings. The summed E-state index contributed by atoms with van der Waals surface area (Å²) in [5.74, 6) is -1.27. The van der Waals surface area contributed by atoms with Crippen molar-refractivity contribution in [3.05, 3.63) is 35.3 Å². The number of aliphatic hydroxyl groups is 1. The van der Waals surface area contributed by atoms with Crippen LogP contribution < -0.4 is 0 Å². The Hall–Kier alpha value is -2.08. The maximum Gasteiger partial charge on any atom is 0.313 e. The van der Waals surface area contributed by atoms with Crippen LogP contribution in [0.15, 0.2) is 34.2 Å². The van der Waals surface area contributed by atoms with Crippen molar-refractivity contribution in [1.82, 2.24) is 0 Å². The smallest absolute Gasteiger partial charge is 0.313 e. The number of ether oxygens (including phenoxy) is 1. The highest BCUT2D eigenvalue weighted by Gasteiger charge is 2.59. The molecule has 1 saturated carbocycles. The second-order valence-electron chi connectivity index (χ2n) is 7.58. The average Bonchev–Trinajstić information content (AvgIpc) is 3.24. The molecule has 0 amide bonds. The molecule has 3 rings (SSSR count). The summed E-state index contributed by atoms with van der Waals surface area (Å²) in [6, 6.07) is 1.80. The van der Waals surface area contributed by atoms with Crippen molar-refractivity contribution in [2.75, 3.05) is 6.61 Å². The van der Waals surface area contributed by atoms with Gasteiger partial charge in [-0.3, -0.25) is 9.59 Å². The number of cyclic esters (lactones) is 1. The zero-order valence-corrected chi connectivity index (χ0v) is 15.2. The van der Waals surface area contributed by atoms with Gasteiger partial charge >= 0.3 is 11.9 Å². The number of carboxylic acid groups (broad SMARTS) is 1. The van der Waals surface area contributed by atoms with Gasteiger partial charge in [0, 0.05) is 18.4 Å². The Morgan fingerprint density at radius 1 is 1.42 bits per heavy atom. The van der Waals surface area contributed by atoms with Gasteiger partial charge in [0.15, 0.2) is 0 Å². The van der Waals surface area contributed by atoms with Gasteiger partial charge in [0.25, 0.3) is 0 Å². The van der Waals surface area contributed by atoms with Crippen LogP contribution in [0.4, 0.5) is 0 Å². The van der Waals surface area contributed by atoms with Gasteiger partial charge in [-0.25, -0.2) is 0 Å². The standard InChI is InChI=1S/C20H26O6/c1-12(10-21)15-4-3-13(2)20(16(15)5-6-18(22)23)9-17(26-19(20)24)14-7-8-25-11-14/h7-8,11,13,16-17,21H,3-6,9-10H2,1-2H3,(H,22,23)/t13-,16+,17+,20-/m1/s1. The van der Waals surface area contributed by atoms with Crippen molar-refractivity contribution in [3.63, 3.8) is 0 Å². The molecule has 1 spiro atoms. The number of aliphatic carboxylic acids is 1. The molecule has 1 aliphatic heterocycles. The highest BCUT2D eigenvalue weighted by molar-refractivity contribution is 5.81. The van der Waals surface area contributed by atoms with E-state index < -0.39 is 11.4 Å². The largest absolute Gasteiger partial charge is 0.481 e.